The molecule has 1 amide bonds. The molecule has 0 aromatic rings. The summed E-state index contributed by atoms with van der Waals surface area (Å²) in [6, 6.07) is -0.771. The van der Waals surface area contributed by atoms with Gasteiger partial charge in [-0.25, -0.2) is 0 Å². The van der Waals surface area contributed by atoms with Crippen molar-refractivity contribution in [3.63, 3.8) is 0 Å². The van der Waals surface area contributed by atoms with Gasteiger partial charge in [-0.15, -0.1) is 0 Å². The minimum atomic E-state index is -0.878. The van der Waals surface area contributed by atoms with Crippen molar-refractivity contribution >= 4 is 11.9 Å². The summed E-state index contributed by atoms with van der Waals surface area (Å²) >= 11 is 0. The Morgan fingerprint density at radius 2 is 2.13 bits per heavy atom. The van der Waals surface area contributed by atoms with Crippen LogP contribution in [0.3, 0.4) is 0 Å². The van der Waals surface area contributed by atoms with Crippen molar-refractivity contribution in [1.29, 1.82) is 0 Å². The first-order chi connectivity index (χ1) is 7.04. The summed E-state index contributed by atoms with van der Waals surface area (Å²) < 4.78 is 0. The minimum Gasteiger partial charge on any atom is -0.481 e. The van der Waals surface area contributed by atoms with E-state index in [4.69, 9.17) is 10.8 Å². The third-order valence-electron chi connectivity index (χ3n) is 2.69. The predicted octanol–water partition coefficient (Wildman–Crippen LogP) is 0.0932. The predicted molar refractivity (Wildman–Crippen MR) is 55.2 cm³/mol. The van der Waals surface area contributed by atoms with Gasteiger partial charge in [-0.1, -0.05) is 6.92 Å². The molecule has 0 saturated heterocycles. The second-order valence-corrected chi connectivity index (χ2v) is 4.07. The fraction of sp³-hybridized carbons (Fsp3) is 0.800. The summed E-state index contributed by atoms with van der Waals surface area (Å²) in [7, 11) is 0. The van der Waals surface area contributed by atoms with E-state index in [1.54, 1.807) is 0 Å². The summed E-state index contributed by atoms with van der Waals surface area (Å²) in [5, 5.41) is 11.4. The van der Waals surface area contributed by atoms with Gasteiger partial charge in [0.1, 0.15) is 0 Å². The van der Waals surface area contributed by atoms with Crippen molar-refractivity contribution in [2.24, 2.45) is 11.7 Å². The first-order valence-corrected chi connectivity index (χ1v) is 5.32. The van der Waals surface area contributed by atoms with Gasteiger partial charge in [-0.2, -0.15) is 0 Å². The quantitative estimate of drug-likeness (QED) is 0.584. The van der Waals surface area contributed by atoms with Gasteiger partial charge in [0.05, 0.1) is 12.5 Å². The van der Waals surface area contributed by atoms with Crippen LogP contribution in [0.1, 0.15) is 32.6 Å². The lowest BCUT2D eigenvalue weighted by molar-refractivity contribution is -0.138. The second kappa shape index (κ2) is 5.11. The van der Waals surface area contributed by atoms with Crippen molar-refractivity contribution in [2.45, 2.75) is 44.7 Å². The molecule has 0 aliphatic heterocycles. The Balaban J connectivity index is 2.43. The smallest absolute Gasteiger partial charge is 0.305 e. The minimum absolute atomic E-state index is 0.00710. The highest BCUT2D eigenvalue weighted by molar-refractivity contribution is 5.82. The Kier molecular flexibility index (Phi) is 4.08. The van der Waals surface area contributed by atoms with E-state index in [1.807, 2.05) is 6.92 Å². The van der Waals surface area contributed by atoms with E-state index in [1.165, 1.54) is 0 Å². The Bertz CT molecular complexity index is 251. The van der Waals surface area contributed by atoms with Gasteiger partial charge in [-0.3, -0.25) is 9.59 Å². The highest BCUT2D eigenvalue weighted by atomic mass is 16.4. The molecule has 1 aliphatic rings. The molecule has 1 fully saturated rings. The zero-order valence-electron chi connectivity index (χ0n) is 8.90. The lowest BCUT2D eigenvalue weighted by Crippen LogP contribution is -2.46. The van der Waals surface area contributed by atoms with Gasteiger partial charge in [0.15, 0.2) is 0 Å². The number of hydrogen-bond acceptors (Lipinski definition) is 3. The van der Waals surface area contributed by atoms with Crippen molar-refractivity contribution in [3.05, 3.63) is 0 Å². The maximum atomic E-state index is 11.5. The first-order valence-electron chi connectivity index (χ1n) is 5.32. The van der Waals surface area contributed by atoms with Crippen molar-refractivity contribution in [3.8, 4) is 0 Å². The molecule has 1 aliphatic carbocycles. The van der Waals surface area contributed by atoms with Crippen LogP contribution < -0.4 is 11.1 Å². The number of nitrogens with two attached hydrogens (primary N) is 1. The van der Waals surface area contributed by atoms with Crippen LogP contribution in [0.5, 0.6) is 0 Å². The van der Waals surface area contributed by atoms with E-state index in [9.17, 15) is 9.59 Å². The molecule has 1 unspecified atom stereocenters. The molecule has 0 aromatic carbocycles. The van der Waals surface area contributed by atoms with Crippen LogP contribution in [-0.4, -0.2) is 29.1 Å². The van der Waals surface area contributed by atoms with Crippen LogP contribution in [0.15, 0.2) is 0 Å². The van der Waals surface area contributed by atoms with Gasteiger partial charge < -0.3 is 16.2 Å². The third-order valence-corrected chi connectivity index (χ3v) is 2.69. The Morgan fingerprint density at radius 3 is 2.53 bits per heavy atom. The summed E-state index contributed by atoms with van der Waals surface area (Å²) in [6.07, 6.45) is 2.56. The molecular formula is C10H18N2O3. The van der Waals surface area contributed by atoms with E-state index < -0.39 is 12.0 Å². The lowest BCUT2D eigenvalue weighted by Gasteiger charge is -2.18. The first kappa shape index (κ1) is 12.0. The summed E-state index contributed by atoms with van der Waals surface area (Å²) in [5.41, 5.74) is 5.56. The normalized spacial score (nSPS) is 19.3. The number of nitrogens with one attached hydrogen (secondary N) is 1. The van der Waals surface area contributed by atoms with Gasteiger partial charge in [0.25, 0.3) is 0 Å². The maximum Gasteiger partial charge on any atom is 0.305 e. The molecule has 15 heavy (non-hydrogen) atoms. The number of rotatable bonds is 6. The number of carbonyl (C=O) groups excluding carboxylic acids is 1. The molecule has 2 atom stereocenters. The molecular weight excluding hydrogens is 196 g/mol. The maximum absolute atomic E-state index is 11.5. The Hall–Kier alpha value is -1.10. The van der Waals surface area contributed by atoms with Crippen LogP contribution in [0.25, 0.3) is 0 Å². The van der Waals surface area contributed by atoms with E-state index in [0.29, 0.717) is 12.3 Å². The lowest BCUT2D eigenvalue weighted by atomic mass is 10.1. The SMILES string of the molecule is CC[C@H](N)C(=O)NC(CC(=O)O)C1CC1. The van der Waals surface area contributed by atoms with E-state index in [0.717, 1.165) is 12.8 Å². The molecule has 86 valence electrons. The van der Waals surface area contributed by atoms with Gasteiger partial charge in [-0.05, 0) is 25.2 Å². The molecule has 1 rings (SSSR count). The summed E-state index contributed by atoms with van der Waals surface area (Å²) in [6.45, 7) is 1.83. The molecule has 0 radical (unpaired) electrons. The van der Waals surface area contributed by atoms with Crippen molar-refractivity contribution < 1.29 is 14.7 Å². The molecule has 5 heteroatoms. The van der Waals surface area contributed by atoms with Gasteiger partial charge in [0.2, 0.25) is 5.91 Å². The number of aliphatic carboxylic acids is 1. The number of carboxylic acid groups (broad SMARTS) is 1. The highest BCUT2D eigenvalue weighted by Crippen LogP contribution is 2.34. The standard InChI is InChI=1S/C10H18N2O3/c1-2-7(11)10(15)12-8(5-9(13)14)6-3-4-6/h6-8H,2-5,11H2,1H3,(H,12,15)(H,13,14)/t7-,8?/m0/s1. The molecule has 0 spiro atoms. The molecule has 0 heterocycles. The van der Waals surface area contributed by atoms with Crippen LogP contribution in [0, 0.1) is 5.92 Å². The fourth-order valence-corrected chi connectivity index (χ4v) is 1.50. The van der Waals surface area contributed by atoms with Crippen molar-refractivity contribution in [1.82, 2.24) is 5.32 Å². The van der Waals surface area contributed by atoms with Gasteiger partial charge in [0, 0.05) is 6.04 Å². The van der Waals surface area contributed by atoms with Crippen LogP contribution >= 0.6 is 0 Å². The van der Waals surface area contributed by atoms with Gasteiger partial charge >= 0.3 is 5.97 Å². The monoisotopic (exact) mass is 214 g/mol. The summed E-state index contributed by atoms with van der Waals surface area (Å²) in [4.78, 5) is 22.0. The molecule has 0 bridgehead atoms. The zero-order chi connectivity index (χ0) is 11.4. The van der Waals surface area contributed by atoms with E-state index >= 15 is 0 Å². The summed E-state index contributed by atoms with van der Waals surface area (Å²) in [5.74, 6) is -0.790. The van der Waals surface area contributed by atoms with Crippen molar-refractivity contribution in [2.75, 3.05) is 0 Å². The highest BCUT2D eigenvalue weighted by Gasteiger charge is 2.34. The number of carbonyl (C=O) groups is 2. The Labute approximate surface area is 89.0 Å². The van der Waals surface area contributed by atoms with E-state index in [2.05, 4.69) is 5.32 Å². The van der Waals surface area contributed by atoms with Crippen LogP contribution in [0.2, 0.25) is 0 Å². The molecule has 5 nitrogen and oxygen atoms in total. The number of amides is 1. The zero-order valence-corrected chi connectivity index (χ0v) is 8.90. The van der Waals surface area contributed by atoms with Crippen LogP contribution in [0.4, 0.5) is 0 Å². The average molecular weight is 214 g/mol. The number of hydrogen-bond donors (Lipinski definition) is 3. The molecule has 1 saturated carbocycles. The molecule has 0 aromatic heterocycles. The largest absolute Gasteiger partial charge is 0.481 e. The van der Waals surface area contributed by atoms with Crippen LogP contribution in [-0.2, 0) is 9.59 Å². The second-order valence-electron chi connectivity index (χ2n) is 4.07. The molecule has 4 N–H and O–H groups in total. The average Bonchev–Trinajstić information content (AvgIpc) is 2.97. The number of carboxylic acids is 1. The topological polar surface area (TPSA) is 92.4 Å². The Morgan fingerprint density at radius 1 is 1.53 bits per heavy atom. The fourth-order valence-electron chi connectivity index (χ4n) is 1.50. The third kappa shape index (κ3) is 3.87. The van der Waals surface area contributed by atoms with E-state index in [-0.39, 0.29) is 18.4 Å².